The van der Waals surface area contributed by atoms with Crippen LogP contribution in [0.4, 0.5) is 4.39 Å². The minimum Gasteiger partial charge on any atom is -0.436 e. The number of ether oxygens (including phenoxy) is 1. The number of hydrogen-bond acceptors (Lipinski definition) is 3. The van der Waals surface area contributed by atoms with Gasteiger partial charge >= 0.3 is 0 Å². The fourth-order valence-electron chi connectivity index (χ4n) is 1.74. The van der Waals surface area contributed by atoms with Crippen molar-refractivity contribution in [2.45, 2.75) is 0 Å². The summed E-state index contributed by atoms with van der Waals surface area (Å²) >= 11 is 0. The molecule has 0 aliphatic heterocycles. The van der Waals surface area contributed by atoms with Crippen LogP contribution in [0.25, 0.3) is 11.1 Å². The maximum absolute atomic E-state index is 13.1. The first-order chi connectivity index (χ1) is 9.31. The summed E-state index contributed by atoms with van der Waals surface area (Å²) in [6.07, 6.45) is 1.49. The van der Waals surface area contributed by atoms with Gasteiger partial charge in [0, 0.05) is 0 Å². The largest absolute Gasteiger partial charge is 0.436 e. The van der Waals surface area contributed by atoms with Crippen molar-refractivity contribution in [3.05, 3.63) is 60.5 Å². The molecule has 4 nitrogen and oxygen atoms in total. The second-order valence-electron chi connectivity index (χ2n) is 3.95. The minimum atomic E-state index is -0.250. The Kier molecular flexibility index (Phi) is 2.94. The summed E-state index contributed by atoms with van der Waals surface area (Å²) in [7, 11) is 0. The second-order valence-corrected chi connectivity index (χ2v) is 3.95. The monoisotopic (exact) mass is 255 g/mol. The molecule has 0 fully saturated rings. The molecule has 2 aromatic carbocycles. The lowest BCUT2D eigenvalue weighted by atomic mass is 10.1. The number of aromatic amines is 1. The van der Waals surface area contributed by atoms with Gasteiger partial charge in [0.05, 0.1) is 0 Å². The summed E-state index contributed by atoms with van der Waals surface area (Å²) < 4.78 is 18.6. The molecule has 0 bridgehead atoms. The van der Waals surface area contributed by atoms with Gasteiger partial charge in [-0.25, -0.2) is 4.39 Å². The SMILES string of the molecule is Fc1cccc(-c2ccc(Oc3cn[nH]n3)cc2)c1. The summed E-state index contributed by atoms with van der Waals surface area (Å²) in [6.45, 7) is 0. The van der Waals surface area contributed by atoms with Crippen molar-refractivity contribution < 1.29 is 9.13 Å². The Morgan fingerprint density at radius 1 is 1.00 bits per heavy atom. The molecule has 0 saturated heterocycles. The van der Waals surface area contributed by atoms with E-state index in [9.17, 15) is 4.39 Å². The fraction of sp³-hybridized carbons (Fsp3) is 0. The first kappa shape index (κ1) is 11.4. The van der Waals surface area contributed by atoms with Crippen molar-refractivity contribution in [1.82, 2.24) is 15.4 Å². The van der Waals surface area contributed by atoms with Gasteiger partial charge in [0.1, 0.15) is 17.8 Å². The normalized spacial score (nSPS) is 10.4. The van der Waals surface area contributed by atoms with E-state index in [1.54, 1.807) is 18.2 Å². The average Bonchev–Trinajstić information content (AvgIpc) is 2.92. The number of hydrogen-bond donors (Lipinski definition) is 1. The molecule has 0 unspecified atom stereocenters. The van der Waals surface area contributed by atoms with E-state index in [1.165, 1.54) is 18.3 Å². The molecule has 3 aromatic rings. The Hall–Kier alpha value is -2.69. The highest BCUT2D eigenvalue weighted by molar-refractivity contribution is 5.64. The van der Waals surface area contributed by atoms with Crippen LogP contribution in [0.1, 0.15) is 0 Å². The summed E-state index contributed by atoms with van der Waals surface area (Å²) in [6, 6.07) is 13.8. The molecule has 0 atom stereocenters. The topological polar surface area (TPSA) is 50.8 Å². The molecule has 0 aliphatic carbocycles. The average molecular weight is 255 g/mol. The predicted molar refractivity (Wildman–Crippen MR) is 68.3 cm³/mol. The number of rotatable bonds is 3. The van der Waals surface area contributed by atoms with Crippen LogP contribution in [0.5, 0.6) is 11.6 Å². The number of halogens is 1. The zero-order chi connectivity index (χ0) is 13.1. The van der Waals surface area contributed by atoms with Gasteiger partial charge in [0.25, 0.3) is 5.88 Å². The van der Waals surface area contributed by atoms with Crippen molar-refractivity contribution in [1.29, 1.82) is 0 Å². The van der Waals surface area contributed by atoms with E-state index >= 15 is 0 Å². The van der Waals surface area contributed by atoms with Crippen LogP contribution < -0.4 is 4.74 Å². The van der Waals surface area contributed by atoms with E-state index in [0.717, 1.165) is 11.1 Å². The van der Waals surface area contributed by atoms with Crippen molar-refractivity contribution in [2.24, 2.45) is 0 Å². The van der Waals surface area contributed by atoms with Gasteiger partial charge in [-0.05, 0) is 35.4 Å². The zero-order valence-corrected chi connectivity index (χ0v) is 9.88. The lowest BCUT2D eigenvalue weighted by Gasteiger charge is -2.04. The van der Waals surface area contributed by atoms with Crippen LogP contribution in [0.15, 0.2) is 54.7 Å². The molecule has 1 aromatic heterocycles. The predicted octanol–water partition coefficient (Wildman–Crippen LogP) is 3.40. The van der Waals surface area contributed by atoms with E-state index in [1.807, 2.05) is 18.2 Å². The van der Waals surface area contributed by atoms with Gasteiger partial charge in [0.2, 0.25) is 0 Å². The highest BCUT2D eigenvalue weighted by atomic mass is 19.1. The van der Waals surface area contributed by atoms with Gasteiger partial charge in [-0.3, -0.25) is 0 Å². The molecule has 0 saturated carbocycles. The third kappa shape index (κ3) is 2.60. The minimum absolute atomic E-state index is 0.250. The maximum atomic E-state index is 13.1. The zero-order valence-electron chi connectivity index (χ0n) is 9.88. The van der Waals surface area contributed by atoms with Crippen LogP contribution in [0.2, 0.25) is 0 Å². The molecule has 0 spiro atoms. The number of H-pyrrole nitrogens is 1. The second kappa shape index (κ2) is 4.89. The molecule has 94 valence electrons. The van der Waals surface area contributed by atoms with Crippen molar-refractivity contribution in [2.75, 3.05) is 0 Å². The Morgan fingerprint density at radius 3 is 2.53 bits per heavy atom. The first-order valence-corrected chi connectivity index (χ1v) is 5.71. The molecule has 1 N–H and O–H groups in total. The van der Waals surface area contributed by atoms with Crippen LogP contribution in [-0.2, 0) is 0 Å². The Morgan fingerprint density at radius 2 is 1.84 bits per heavy atom. The molecule has 19 heavy (non-hydrogen) atoms. The quantitative estimate of drug-likeness (QED) is 0.780. The van der Waals surface area contributed by atoms with E-state index in [-0.39, 0.29) is 5.82 Å². The van der Waals surface area contributed by atoms with Crippen LogP contribution >= 0.6 is 0 Å². The third-order valence-electron chi connectivity index (χ3n) is 2.63. The van der Waals surface area contributed by atoms with E-state index < -0.39 is 0 Å². The standard InChI is InChI=1S/C14H10FN3O/c15-12-3-1-2-11(8-12)10-4-6-13(7-5-10)19-14-9-16-18-17-14/h1-9H,(H,16,17,18). The molecule has 5 heteroatoms. The highest BCUT2D eigenvalue weighted by Gasteiger charge is 2.02. The number of nitrogens with zero attached hydrogens (tertiary/aromatic N) is 2. The van der Waals surface area contributed by atoms with E-state index in [2.05, 4.69) is 15.4 Å². The Balaban J connectivity index is 1.82. The number of benzene rings is 2. The van der Waals surface area contributed by atoms with Gasteiger partial charge in [-0.1, -0.05) is 24.3 Å². The van der Waals surface area contributed by atoms with Crippen LogP contribution in [0, 0.1) is 5.82 Å². The molecule has 0 radical (unpaired) electrons. The molecule has 0 aliphatic rings. The Bertz CT molecular complexity index is 665. The smallest absolute Gasteiger partial charge is 0.258 e. The highest BCUT2D eigenvalue weighted by Crippen LogP contribution is 2.24. The molecule has 1 heterocycles. The Labute approximate surface area is 108 Å². The summed E-state index contributed by atoms with van der Waals surface area (Å²) in [4.78, 5) is 0. The maximum Gasteiger partial charge on any atom is 0.258 e. The molecule has 0 amide bonds. The van der Waals surface area contributed by atoms with Crippen LogP contribution in [-0.4, -0.2) is 15.4 Å². The lowest BCUT2D eigenvalue weighted by molar-refractivity contribution is 0.461. The van der Waals surface area contributed by atoms with Crippen molar-refractivity contribution in [3.63, 3.8) is 0 Å². The lowest BCUT2D eigenvalue weighted by Crippen LogP contribution is -1.85. The van der Waals surface area contributed by atoms with Gasteiger partial charge in [0.15, 0.2) is 0 Å². The number of nitrogens with one attached hydrogen (secondary N) is 1. The van der Waals surface area contributed by atoms with Gasteiger partial charge in [-0.2, -0.15) is 10.3 Å². The van der Waals surface area contributed by atoms with Crippen LogP contribution in [0.3, 0.4) is 0 Å². The number of aromatic nitrogens is 3. The summed E-state index contributed by atoms with van der Waals surface area (Å²) in [5.41, 5.74) is 1.75. The summed E-state index contributed by atoms with van der Waals surface area (Å²) in [5, 5.41) is 9.91. The third-order valence-corrected chi connectivity index (χ3v) is 2.63. The van der Waals surface area contributed by atoms with Gasteiger partial charge in [-0.15, -0.1) is 5.10 Å². The van der Waals surface area contributed by atoms with E-state index in [4.69, 9.17) is 4.74 Å². The molecular weight excluding hydrogens is 245 g/mol. The molecule has 3 rings (SSSR count). The molecular formula is C14H10FN3O. The summed E-state index contributed by atoms with van der Waals surface area (Å²) in [5.74, 6) is 0.799. The van der Waals surface area contributed by atoms with Crippen molar-refractivity contribution in [3.8, 4) is 22.8 Å². The fourth-order valence-corrected chi connectivity index (χ4v) is 1.74. The first-order valence-electron chi connectivity index (χ1n) is 5.71. The van der Waals surface area contributed by atoms with E-state index in [0.29, 0.717) is 11.6 Å². The van der Waals surface area contributed by atoms with Gasteiger partial charge < -0.3 is 4.74 Å². The van der Waals surface area contributed by atoms with Crippen molar-refractivity contribution >= 4 is 0 Å².